The molecule has 2 heterocycles. The molecule has 0 aliphatic carbocycles. The number of aromatic nitrogens is 1. The number of amides is 1. The van der Waals surface area contributed by atoms with Gasteiger partial charge in [0.05, 0.1) is 17.0 Å². The number of pyridine rings is 1. The minimum atomic E-state index is -4.62. The number of alkyl halides is 3. The van der Waals surface area contributed by atoms with Crippen molar-refractivity contribution in [3.05, 3.63) is 101 Å². The molecule has 0 bridgehead atoms. The maximum Gasteiger partial charge on any atom is 0.417 e. The fraction of sp³-hybridized carbons (Fsp3) is 0.0833. The third-order valence-electron chi connectivity index (χ3n) is 5.07. The number of nitrogens with zero attached hydrogens (tertiary/aromatic N) is 2. The van der Waals surface area contributed by atoms with Crippen molar-refractivity contribution in [2.24, 2.45) is 0 Å². The van der Waals surface area contributed by atoms with E-state index in [0.29, 0.717) is 22.5 Å². The van der Waals surface area contributed by atoms with E-state index in [4.69, 9.17) is 11.6 Å². The molecule has 1 N–H and O–H groups in total. The lowest BCUT2D eigenvalue weighted by atomic mass is 9.98. The largest absolute Gasteiger partial charge is 0.417 e. The molecule has 0 radical (unpaired) electrons. The summed E-state index contributed by atoms with van der Waals surface area (Å²) in [6.07, 6.45) is -0.255. The Morgan fingerprint density at radius 3 is 2.67 bits per heavy atom. The van der Waals surface area contributed by atoms with Crippen LogP contribution in [0.1, 0.15) is 22.3 Å². The van der Waals surface area contributed by atoms with Crippen molar-refractivity contribution in [1.29, 1.82) is 0 Å². The van der Waals surface area contributed by atoms with Gasteiger partial charge in [0.2, 0.25) is 11.9 Å². The van der Waals surface area contributed by atoms with Gasteiger partial charge in [0.1, 0.15) is 5.69 Å². The number of hydrogen-bond donors (Lipinski definition) is 1. The molecule has 9 heteroatoms. The fourth-order valence-corrected chi connectivity index (χ4v) is 3.76. The van der Waals surface area contributed by atoms with Crippen molar-refractivity contribution >= 4 is 40.7 Å². The number of nitrogens with one attached hydrogen (secondary N) is 1. The molecule has 4 nitrogen and oxygen atoms in total. The van der Waals surface area contributed by atoms with E-state index in [0.717, 1.165) is 12.1 Å². The minimum absolute atomic E-state index is 0.173. The van der Waals surface area contributed by atoms with Crippen LogP contribution in [-0.4, -0.2) is 10.9 Å². The molecular weight excluding hydrogens is 458 g/mol. The van der Waals surface area contributed by atoms with Gasteiger partial charge < -0.3 is 10.2 Å². The van der Waals surface area contributed by atoms with E-state index in [9.17, 15) is 22.4 Å². The standard InChI is InChI=1S/C24H16ClF4N3O/c1-14-16-4-2-5-20(17(16)9-11-32(14)21-6-3-10-30-23(21)26)31-22(33)13-15-7-8-19(25)18(12-15)24(27,28)29/h2-12H,1,13H2,(H,31,33). The molecule has 168 valence electrons. The van der Waals surface area contributed by atoms with Crippen LogP contribution in [0.25, 0.3) is 11.8 Å². The Kier molecular flexibility index (Phi) is 5.95. The van der Waals surface area contributed by atoms with E-state index in [1.807, 2.05) is 0 Å². The molecule has 33 heavy (non-hydrogen) atoms. The molecule has 0 saturated carbocycles. The number of benzene rings is 2. The summed E-state index contributed by atoms with van der Waals surface area (Å²) in [5.74, 6) is -1.16. The van der Waals surface area contributed by atoms with Crippen LogP contribution in [0.3, 0.4) is 0 Å². The van der Waals surface area contributed by atoms with Crippen LogP contribution in [0.15, 0.2) is 67.5 Å². The number of halogens is 5. The monoisotopic (exact) mass is 473 g/mol. The molecule has 3 aromatic rings. The Hall–Kier alpha value is -3.65. The van der Waals surface area contributed by atoms with Crippen molar-refractivity contribution < 1.29 is 22.4 Å². The molecule has 1 aliphatic rings. The maximum absolute atomic E-state index is 14.1. The van der Waals surface area contributed by atoms with Crippen molar-refractivity contribution in [3.63, 3.8) is 0 Å². The van der Waals surface area contributed by atoms with Gasteiger partial charge in [-0.3, -0.25) is 4.79 Å². The SMILES string of the molecule is C=C1c2cccc(NC(=O)Cc3ccc(Cl)c(C(F)(F)F)c3)c2C=CN1c1cccnc1F. The highest BCUT2D eigenvalue weighted by molar-refractivity contribution is 6.31. The van der Waals surface area contributed by atoms with Gasteiger partial charge in [0, 0.05) is 34.9 Å². The molecule has 1 aliphatic heterocycles. The second-order valence-electron chi connectivity index (χ2n) is 7.25. The van der Waals surface area contributed by atoms with Crippen molar-refractivity contribution in [2.75, 3.05) is 10.2 Å². The smallest absolute Gasteiger partial charge is 0.325 e. The zero-order valence-corrected chi connectivity index (χ0v) is 17.7. The molecule has 0 spiro atoms. The Bertz CT molecular complexity index is 1290. The van der Waals surface area contributed by atoms with Gasteiger partial charge in [-0.2, -0.15) is 17.6 Å². The van der Waals surface area contributed by atoms with Crippen LogP contribution < -0.4 is 10.2 Å². The number of carbonyl (C=O) groups excluding carboxylic acids is 1. The normalized spacial score (nSPS) is 13.1. The molecule has 2 aromatic carbocycles. The van der Waals surface area contributed by atoms with Crippen LogP contribution in [0, 0.1) is 5.95 Å². The fourth-order valence-electron chi connectivity index (χ4n) is 3.54. The topological polar surface area (TPSA) is 45.2 Å². The maximum atomic E-state index is 14.1. The van der Waals surface area contributed by atoms with E-state index < -0.39 is 28.6 Å². The average Bonchev–Trinajstić information content (AvgIpc) is 2.76. The van der Waals surface area contributed by atoms with Crippen molar-refractivity contribution in [3.8, 4) is 0 Å². The average molecular weight is 474 g/mol. The highest BCUT2D eigenvalue weighted by Crippen LogP contribution is 2.37. The van der Waals surface area contributed by atoms with Gasteiger partial charge in [0.15, 0.2) is 0 Å². The summed E-state index contributed by atoms with van der Waals surface area (Å²) < 4.78 is 53.4. The van der Waals surface area contributed by atoms with E-state index in [2.05, 4.69) is 16.9 Å². The first-order chi connectivity index (χ1) is 15.6. The summed E-state index contributed by atoms with van der Waals surface area (Å²) in [5, 5.41) is 2.30. The molecule has 0 unspecified atom stereocenters. The molecular formula is C24H16ClF4N3O. The van der Waals surface area contributed by atoms with Gasteiger partial charge in [-0.05, 0) is 42.0 Å². The quantitative estimate of drug-likeness (QED) is 0.346. The summed E-state index contributed by atoms with van der Waals surface area (Å²) in [5.41, 5.74) is 1.63. The molecule has 1 aromatic heterocycles. The van der Waals surface area contributed by atoms with Gasteiger partial charge in [-0.15, -0.1) is 0 Å². The van der Waals surface area contributed by atoms with Gasteiger partial charge in [-0.25, -0.2) is 4.98 Å². The molecule has 4 rings (SSSR count). The number of carbonyl (C=O) groups is 1. The molecule has 0 atom stereocenters. The van der Waals surface area contributed by atoms with Crippen LogP contribution in [0.4, 0.5) is 28.9 Å². The van der Waals surface area contributed by atoms with Gasteiger partial charge in [0.25, 0.3) is 0 Å². The summed E-state index contributed by atoms with van der Waals surface area (Å²) in [4.78, 5) is 17.8. The Morgan fingerprint density at radius 2 is 1.94 bits per heavy atom. The summed E-state index contributed by atoms with van der Waals surface area (Å²) in [6.45, 7) is 4.03. The minimum Gasteiger partial charge on any atom is -0.325 e. The lowest BCUT2D eigenvalue weighted by Gasteiger charge is -2.28. The van der Waals surface area contributed by atoms with Crippen LogP contribution in [0.5, 0.6) is 0 Å². The van der Waals surface area contributed by atoms with Gasteiger partial charge >= 0.3 is 6.18 Å². The Morgan fingerprint density at radius 1 is 1.15 bits per heavy atom. The van der Waals surface area contributed by atoms with E-state index in [1.165, 1.54) is 12.3 Å². The summed E-state index contributed by atoms with van der Waals surface area (Å²) in [7, 11) is 0. The number of rotatable bonds is 4. The van der Waals surface area contributed by atoms with Crippen LogP contribution in [-0.2, 0) is 17.4 Å². The summed E-state index contributed by atoms with van der Waals surface area (Å²) in [6, 6.07) is 11.7. The van der Waals surface area contributed by atoms with Gasteiger partial charge in [-0.1, -0.05) is 36.4 Å². The number of fused-ring (bicyclic) bond motifs is 1. The first-order valence-electron chi connectivity index (χ1n) is 9.71. The molecule has 0 saturated heterocycles. The number of hydrogen-bond acceptors (Lipinski definition) is 3. The second-order valence-corrected chi connectivity index (χ2v) is 7.66. The van der Waals surface area contributed by atoms with E-state index in [-0.39, 0.29) is 17.7 Å². The molecule has 1 amide bonds. The van der Waals surface area contributed by atoms with Crippen molar-refractivity contribution in [1.82, 2.24) is 4.98 Å². The van der Waals surface area contributed by atoms with Crippen LogP contribution in [0.2, 0.25) is 5.02 Å². The highest BCUT2D eigenvalue weighted by atomic mass is 35.5. The van der Waals surface area contributed by atoms with Crippen molar-refractivity contribution in [2.45, 2.75) is 12.6 Å². The first kappa shape index (κ1) is 22.5. The van der Waals surface area contributed by atoms with Crippen LogP contribution >= 0.6 is 11.6 Å². The predicted octanol–water partition coefficient (Wildman–Crippen LogP) is 6.54. The predicted molar refractivity (Wildman–Crippen MR) is 120 cm³/mol. The Balaban J connectivity index is 1.56. The second kappa shape index (κ2) is 8.71. The Labute approximate surface area is 191 Å². The molecule has 0 fully saturated rings. The zero-order chi connectivity index (χ0) is 23.8. The third kappa shape index (κ3) is 4.61. The van der Waals surface area contributed by atoms with E-state index >= 15 is 0 Å². The number of anilines is 2. The lowest BCUT2D eigenvalue weighted by Crippen LogP contribution is -2.21. The first-order valence-corrected chi connectivity index (χ1v) is 10.1. The lowest BCUT2D eigenvalue weighted by molar-refractivity contribution is -0.137. The highest BCUT2D eigenvalue weighted by Gasteiger charge is 2.33. The zero-order valence-electron chi connectivity index (χ0n) is 17.0. The van der Waals surface area contributed by atoms with E-state index in [1.54, 1.807) is 47.5 Å². The summed E-state index contributed by atoms with van der Waals surface area (Å²) >= 11 is 5.64. The third-order valence-corrected chi connectivity index (χ3v) is 5.40.